The number of aromatic hydroxyl groups is 1. The molecule has 2 saturated carbocycles. The molecule has 0 saturated heterocycles. The van der Waals surface area contributed by atoms with Crippen molar-refractivity contribution in [1.29, 1.82) is 0 Å². The average Bonchev–Trinajstić information content (AvgIpc) is 3.71. The molecule has 1 aromatic carbocycles. The average molecular weight is 604 g/mol. The number of carbonyl (C=O) groups is 4. The van der Waals surface area contributed by atoms with Crippen LogP contribution in [-0.2, 0) is 25.6 Å². The summed E-state index contributed by atoms with van der Waals surface area (Å²) in [7, 11) is 6.45. The zero-order valence-electron chi connectivity index (χ0n) is 23.6. The topological polar surface area (TPSA) is 206 Å². The number of nitrogens with one attached hydrogen (secondary N) is 2. The fourth-order valence-corrected chi connectivity index (χ4v) is 7.04. The Morgan fingerprint density at radius 3 is 2.31 bits per heavy atom. The number of ketones is 2. The number of phenols is 1. The summed E-state index contributed by atoms with van der Waals surface area (Å²) in [6.07, 6.45) is 1.93. The van der Waals surface area contributed by atoms with Crippen LogP contribution in [0.2, 0.25) is 5.02 Å². The number of hydrogen-bond acceptors (Lipinski definition) is 11. The van der Waals surface area contributed by atoms with Crippen molar-refractivity contribution in [3.05, 3.63) is 33.1 Å². The van der Waals surface area contributed by atoms with Crippen molar-refractivity contribution >= 4 is 52.1 Å². The molecule has 226 valence electrons. The summed E-state index contributed by atoms with van der Waals surface area (Å²) in [5, 5.41) is 51.4. The number of nitrogens with two attached hydrogens (primary N) is 1. The number of aliphatic hydroxyl groups excluding tert-OH is 2. The van der Waals surface area contributed by atoms with E-state index in [1.807, 2.05) is 0 Å². The highest BCUT2D eigenvalue weighted by Crippen LogP contribution is 2.56. The predicted octanol–water partition coefficient (Wildman–Crippen LogP) is 0.374. The molecular formula is C28H34ClN5O8. The van der Waals surface area contributed by atoms with Gasteiger partial charge in [-0.25, -0.2) is 0 Å². The van der Waals surface area contributed by atoms with Crippen LogP contribution in [0.4, 0.5) is 11.4 Å². The summed E-state index contributed by atoms with van der Waals surface area (Å²) in [5.74, 6) is -8.10. The fourth-order valence-electron chi connectivity index (χ4n) is 6.62. The number of primary amides is 1. The van der Waals surface area contributed by atoms with Crippen LogP contribution in [0.15, 0.2) is 16.9 Å². The number of benzene rings is 1. The van der Waals surface area contributed by atoms with Crippen LogP contribution in [0.5, 0.6) is 5.75 Å². The molecule has 2 amide bonds. The van der Waals surface area contributed by atoms with Crippen LogP contribution in [0.25, 0.3) is 5.76 Å². The molecule has 5 rings (SSSR count). The zero-order valence-corrected chi connectivity index (χ0v) is 24.4. The van der Waals surface area contributed by atoms with Gasteiger partial charge in [-0.15, -0.1) is 0 Å². The molecule has 8 N–H and O–H groups in total. The van der Waals surface area contributed by atoms with Gasteiger partial charge in [-0.1, -0.05) is 11.6 Å². The highest BCUT2D eigenvalue weighted by molar-refractivity contribution is 6.37. The Morgan fingerprint density at radius 1 is 1.12 bits per heavy atom. The number of hydrogen-bond donors (Lipinski definition) is 7. The summed E-state index contributed by atoms with van der Waals surface area (Å²) >= 11 is 6.72. The van der Waals surface area contributed by atoms with Crippen LogP contribution in [0.1, 0.15) is 30.4 Å². The van der Waals surface area contributed by atoms with Crippen LogP contribution < -0.4 is 21.3 Å². The molecule has 4 atom stereocenters. The largest absolute Gasteiger partial charge is 0.508 e. The van der Waals surface area contributed by atoms with Gasteiger partial charge in [0.25, 0.3) is 5.91 Å². The standard InChI is InChI=1S/C28H34ClN5O8/c1-33(2)20-12-7-10-8-13-21(34(3)4)24(38)17(27(30)41)26(40)28(13,42)25(39)15(10)22(36)16(12)23(37)19(18(20)29)32-14(35)9-31-11-5-6-11/h10-11,13,21,31,36-37,40,42H,5-9H2,1-4H3,(H2,30,41)(H,32,35)/t10?,13?,21-,28-/m0/s1. The van der Waals surface area contributed by atoms with Gasteiger partial charge in [0.15, 0.2) is 17.1 Å². The zero-order chi connectivity index (χ0) is 31.0. The van der Waals surface area contributed by atoms with E-state index in [9.17, 15) is 39.6 Å². The van der Waals surface area contributed by atoms with E-state index in [0.717, 1.165) is 12.8 Å². The Bertz CT molecular complexity index is 1500. The first-order valence-electron chi connectivity index (χ1n) is 13.5. The van der Waals surface area contributed by atoms with E-state index in [1.54, 1.807) is 19.0 Å². The van der Waals surface area contributed by atoms with E-state index >= 15 is 0 Å². The maximum Gasteiger partial charge on any atom is 0.255 e. The van der Waals surface area contributed by atoms with Gasteiger partial charge >= 0.3 is 0 Å². The van der Waals surface area contributed by atoms with Gasteiger partial charge in [-0.05, 0) is 51.3 Å². The summed E-state index contributed by atoms with van der Waals surface area (Å²) in [6.45, 7) is -0.0313. The van der Waals surface area contributed by atoms with Crippen LogP contribution in [0, 0.1) is 11.8 Å². The van der Waals surface area contributed by atoms with Crippen molar-refractivity contribution in [2.24, 2.45) is 17.6 Å². The van der Waals surface area contributed by atoms with Crippen molar-refractivity contribution in [3.8, 4) is 5.75 Å². The molecule has 0 radical (unpaired) electrons. The second kappa shape index (κ2) is 10.3. The number of halogens is 1. The first kappa shape index (κ1) is 29.8. The number of carbonyl (C=O) groups excluding carboxylic acids is 4. The third kappa shape index (κ3) is 4.34. The van der Waals surface area contributed by atoms with Gasteiger partial charge < -0.3 is 41.7 Å². The first-order valence-corrected chi connectivity index (χ1v) is 13.9. The highest BCUT2D eigenvalue weighted by atomic mass is 35.5. The van der Waals surface area contributed by atoms with Gasteiger partial charge in [0.05, 0.1) is 28.9 Å². The summed E-state index contributed by atoms with van der Waals surface area (Å²) in [5.41, 5.74) is 1.89. The Kier molecular flexibility index (Phi) is 7.29. The highest BCUT2D eigenvalue weighted by Gasteiger charge is 2.64. The van der Waals surface area contributed by atoms with Gasteiger partial charge in [0.1, 0.15) is 22.8 Å². The molecule has 13 nitrogen and oxygen atoms in total. The normalized spacial score (nSPS) is 27.1. The molecule has 0 heterocycles. The van der Waals surface area contributed by atoms with Gasteiger partial charge in [0, 0.05) is 31.6 Å². The molecule has 1 aromatic rings. The number of anilines is 2. The first-order chi connectivity index (χ1) is 19.6. The van der Waals surface area contributed by atoms with Crippen molar-refractivity contribution in [2.45, 2.75) is 43.4 Å². The van der Waals surface area contributed by atoms with Crippen molar-refractivity contribution < 1.29 is 39.6 Å². The van der Waals surface area contributed by atoms with Crippen molar-refractivity contribution in [1.82, 2.24) is 10.2 Å². The minimum Gasteiger partial charge on any atom is -0.508 e. The third-order valence-electron chi connectivity index (χ3n) is 8.64. The summed E-state index contributed by atoms with van der Waals surface area (Å²) in [4.78, 5) is 55.2. The van der Waals surface area contributed by atoms with E-state index in [2.05, 4.69) is 10.6 Å². The second-order valence-electron chi connectivity index (χ2n) is 11.8. The second-order valence-corrected chi connectivity index (χ2v) is 12.2. The lowest BCUT2D eigenvalue weighted by Gasteiger charge is -2.50. The summed E-state index contributed by atoms with van der Waals surface area (Å²) < 4.78 is 0. The van der Waals surface area contributed by atoms with Crippen LogP contribution >= 0.6 is 11.6 Å². The number of aliphatic hydroxyl groups is 3. The Hall–Kier alpha value is -3.65. The molecule has 2 fully saturated rings. The number of amides is 2. The number of likely N-dealkylation sites (N-methyl/N-ethyl adjacent to an activating group) is 1. The molecule has 0 aliphatic heterocycles. The maximum atomic E-state index is 14.1. The lowest BCUT2D eigenvalue weighted by atomic mass is 9.57. The number of rotatable bonds is 7. The molecule has 0 spiro atoms. The Morgan fingerprint density at radius 2 is 1.76 bits per heavy atom. The number of nitrogens with zero attached hydrogens (tertiary/aromatic N) is 2. The van der Waals surface area contributed by atoms with Gasteiger partial charge in [-0.2, -0.15) is 0 Å². The molecule has 4 aliphatic rings. The van der Waals surface area contributed by atoms with Gasteiger partial charge in [-0.3, -0.25) is 24.1 Å². The molecule has 0 aromatic heterocycles. The van der Waals surface area contributed by atoms with Crippen molar-refractivity contribution in [2.75, 3.05) is 45.0 Å². The number of phenolic OH excluding ortho intramolecular Hbond substituents is 1. The lowest BCUT2D eigenvalue weighted by Crippen LogP contribution is -2.65. The van der Waals surface area contributed by atoms with Crippen LogP contribution in [-0.4, -0.2) is 101 Å². The van der Waals surface area contributed by atoms with Gasteiger partial charge in [0.2, 0.25) is 11.7 Å². The van der Waals surface area contributed by atoms with E-state index in [-0.39, 0.29) is 47.3 Å². The van der Waals surface area contributed by atoms with Crippen molar-refractivity contribution in [3.63, 3.8) is 0 Å². The monoisotopic (exact) mass is 603 g/mol. The van der Waals surface area contributed by atoms with E-state index < -0.39 is 69.7 Å². The van der Waals surface area contributed by atoms with E-state index in [4.69, 9.17) is 17.3 Å². The summed E-state index contributed by atoms with van der Waals surface area (Å²) in [6, 6.07) is -0.935. The molecule has 42 heavy (non-hydrogen) atoms. The molecule has 14 heteroatoms. The SMILES string of the molecule is CN(C)c1c(Cl)c(NC(=O)CNC2CC2)c(O)c2c1CC1CC3[C@H](N(C)C)C(=O)C(C(N)=O)=C(O)[C@@]3(O)C(=O)C1=C2O. The van der Waals surface area contributed by atoms with E-state index in [0.29, 0.717) is 11.3 Å². The smallest absolute Gasteiger partial charge is 0.255 e. The Labute approximate surface area is 246 Å². The molecule has 0 bridgehead atoms. The third-order valence-corrected chi connectivity index (χ3v) is 9.01. The number of Topliss-reactive ketones (excluding diaryl/α,β-unsaturated/α-hetero) is 2. The minimum atomic E-state index is -2.75. The minimum absolute atomic E-state index is 0.0246. The van der Waals surface area contributed by atoms with Crippen LogP contribution in [0.3, 0.4) is 0 Å². The Balaban J connectivity index is 1.68. The molecule has 2 unspecified atom stereocenters. The predicted molar refractivity (Wildman–Crippen MR) is 153 cm³/mol. The molecular weight excluding hydrogens is 570 g/mol. The molecule has 4 aliphatic carbocycles. The quantitative estimate of drug-likeness (QED) is 0.167. The van der Waals surface area contributed by atoms with E-state index in [1.165, 1.54) is 19.0 Å². The lowest BCUT2D eigenvalue weighted by molar-refractivity contribution is -0.153. The maximum absolute atomic E-state index is 14.1. The fraction of sp³-hybridized carbons (Fsp3) is 0.500. The number of fused-ring (bicyclic) bond motifs is 3.